The second kappa shape index (κ2) is 8.17. The van der Waals surface area contributed by atoms with Gasteiger partial charge in [-0.1, -0.05) is 30.5 Å². The van der Waals surface area contributed by atoms with E-state index in [2.05, 4.69) is 5.32 Å². The van der Waals surface area contributed by atoms with E-state index in [0.717, 1.165) is 25.9 Å². The molecule has 0 atom stereocenters. The van der Waals surface area contributed by atoms with Crippen molar-refractivity contribution in [2.45, 2.75) is 25.7 Å². The number of hydrogen-bond acceptors (Lipinski definition) is 2. The van der Waals surface area contributed by atoms with E-state index in [1.165, 1.54) is 12.8 Å². The molecular formula is C20H21ClN2O2. The molecule has 0 saturated carbocycles. The fraction of sp³-hybridized carbons (Fsp3) is 0.300. The lowest BCUT2D eigenvalue weighted by Crippen LogP contribution is -2.31. The number of likely N-dealkylation sites (tertiary alicyclic amines) is 1. The van der Waals surface area contributed by atoms with E-state index in [0.29, 0.717) is 21.8 Å². The van der Waals surface area contributed by atoms with Crippen LogP contribution in [0.4, 0.5) is 5.69 Å². The summed E-state index contributed by atoms with van der Waals surface area (Å²) in [4.78, 5) is 26.9. The monoisotopic (exact) mass is 356 g/mol. The SMILES string of the molecule is O=C(Nc1cccc(C(=O)N2CCCCCC2)c1)c1ccc(Cl)cc1. The maximum absolute atomic E-state index is 12.7. The van der Waals surface area contributed by atoms with Gasteiger partial charge in [0.1, 0.15) is 0 Å². The lowest BCUT2D eigenvalue weighted by atomic mass is 10.1. The van der Waals surface area contributed by atoms with Crippen molar-refractivity contribution >= 4 is 29.1 Å². The molecule has 1 aliphatic heterocycles. The summed E-state index contributed by atoms with van der Waals surface area (Å²) >= 11 is 5.84. The smallest absolute Gasteiger partial charge is 0.255 e. The molecule has 0 aliphatic carbocycles. The van der Waals surface area contributed by atoms with Crippen LogP contribution >= 0.6 is 11.6 Å². The summed E-state index contributed by atoms with van der Waals surface area (Å²) in [5.74, 6) is -0.194. The van der Waals surface area contributed by atoms with Crippen LogP contribution in [0.3, 0.4) is 0 Å². The van der Waals surface area contributed by atoms with E-state index in [9.17, 15) is 9.59 Å². The maximum Gasteiger partial charge on any atom is 0.255 e. The molecule has 25 heavy (non-hydrogen) atoms. The number of amides is 2. The summed E-state index contributed by atoms with van der Waals surface area (Å²) < 4.78 is 0. The predicted molar refractivity (Wildman–Crippen MR) is 100 cm³/mol. The Hall–Kier alpha value is -2.33. The van der Waals surface area contributed by atoms with Crippen molar-refractivity contribution in [1.82, 2.24) is 4.90 Å². The molecule has 1 saturated heterocycles. The standard InChI is InChI=1S/C20H21ClN2O2/c21-17-10-8-15(9-11-17)19(24)22-18-7-5-6-16(14-18)20(25)23-12-3-1-2-4-13-23/h5-11,14H,1-4,12-13H2,(H,22,24). The van der Waals surface area contributed by atoms with Gasteiger partial charge in [0, 0.05) is 34.9 Å². The first-order valence-corrected chi connectivity index (χ1v) is 8.97. The van der Waals surface area contributed by atoms with Crippen LogP contribution in [0, 0.1) is 0 Å². The average molecular weight is 357 g/mol. The second-order valence-electron chi connectivity index (χ2n) is 6.25. The quantitative estimate of drug-likeness (QED) is 0.873. The zero-order valence-electron chi connectivity index (χ0n) is 14.0. The van der Waals surface area contributed by atoms with Crippen LogP contribution in [0.15, 0.2) is 48.5 Å². The highest BCUT2D eigenvalue weighted by Crippen LogP contribution is 2.17. The van der Waals surface area contributed by atoms with Gasteiger partial charge in [0.25, 0.3) is 11.8 Å². The first-order valence-electron chi connectivity index (χ1n) is 8.60. The zero-order chi connectivity index (χ0) is 17.6. The summed E-state index contributed by atoms with van der Waals surface area (Å²) in [7, 11) is 0. The number of nitrogens with zero attached hydrogens (tertiary/aromatic N) is 1. The summed E-state index contributed by atoms with van der Waals surface area (Å²) in [6.45, 7) is 1.61. The van der Waals surface area contributed by atoms with E-state index in [1.54, 1.807) is 48.5 Å². The molecule has 0 spiro atoms. The van der Waals surface area contributed by atoms with Crippen molar-refractivity contribution in [3.05, 3.63) is 64.7 Å². The molecule has 0 radical (unpaired) electrons. The Morgan fingerprint density at radius 2 is 1.56 bits per heavy atom. The molecular weight excluding hydrogens is 336 g/mol. The fourth-order valence-corrected chi connectivity index (χ4v) is 3.12. The average Bonchev–Trinajstić information content (AvgIpc) is 2.91. The minimum atomic E-state index is -0.226. The third-order valence-electron chi connectivity index (χ3n) is 4.37. The van der Waals surface area contributed by atoms with Gasteiger partial charge >= 0.3 is 0 Å². The maximum atomic E-state index is 12.7. The molecule has 130 valence electrons. The number of carbonyl (C=O) groups is 2. The minimum absolute atomic E-state index is 0.0319. The summed E-state index contributed by atoms with van der Waals surface area (Å²) in [5.41, 5.74) is 1.74. The van der Waals surface area contributed by atoms with Gasteiger partial charge in [-0.3, -0.25) is 9.59 Å². The van der Waals surface area contributed by atoms with E-state index in [4.69, 9.17) is 11.6 Å². The molecule has 0 bridgehead atoms. The molecule has 0 aromatic heterocycles. The molecule has 2 aromatic rings. The van der Waals surface area contributed by atoms with E-state index in [1.807, 2.05) is 4.90 Å². The van der Waals surface area contributed by atoms with Gasteiger partial charge in [-0.15, -0.1) is 0 Å². The van der Waals surface area contributed by atoms with E-state index in [-0.39, 0.29) is 11.8 Å². The Morgan fingerprint density at radius 3 is 2.24 bits per heavy atom. The topological polar surface area (TPSA) is 49.4 Å². The lowest BCUT2D eigenvalue weighted by molar-refractivity contribution is 0.0761. The molecule has 0 unspecified atom stereocenters. The Labute approximate surface area is 152 Å². The van der Waals surface area contributed by atoms with Crippen LogP contribution in [0.2, 0.25) is 5.02 Å². The Morgan fingerprint density at radius 1 is 0.880 bits per heavy atom. The number of anilines is 1. The van der Waals surface area contributed by atoms with Crippen molar-refractivity contribution < 1.29 is 9.59 Å². The highest BCUT2D eigenvalue weighted by Gasteiger charge is 2.17. The number of halogens is 1. The van der Waals surface area contributed by atoms with Crippen LogP contribution < -0.4 is 5.32 Å². The number of nitrogens with one attached hydrogen (secondary N) is 1. The first-order chi connectivity index (χ1) is 12.1. The number of benzene rings is 2. The normalized spacial score (nSPS) is 14.7. The van der Waals surface area contributed by atoms with Gasteiger partial charge in [-0.05, 0) is 55.3 Å². The molecule has 1 fully saturated rings. The van der Waals surface area contributed by atoms with Crippen molar-refractivity contribution in [2.75, 3.05) is 18.4 Å². The summed E-state index contributed by atoms with van der Waals surface area (Å²) in [6.07, 6.45) is 4.47. The fourth-order valence-electron chi connectivity index (χ4n) is 2.99. The number of hydrogen-bond donors (Lipinski definition) is 1. The van der Waals surface area contributed by atoms with E-state index < -0.39 is 0 Å². The number of carbonyl (C=O) groups excluding carboxylic acids is 2. The van der Waals surface area contributed by atoms with Gasteiger partial charge in [0.15, 0.2) is 0 Å². The molecule has 1 aliphatic rings. The van der Waals surface area contributed by atoms with Gasteiger partial charge in [0.2, 0.25) is 0 Å². The van der Waals surface area contributed by atoms with Crippen molar-refractivity contribution in [3.8, 4) is 0 Å². The van der Waals surface area contributed by atoms with Gasteiger partial charge < -0.3 is 10.2 Å². The van der Waals surface area contributed by atoms with Crippen LogP contribution in [0.25, 0.3) is 0 Å². The molecule has 5 heteroatoms. The van der Waals surface area contributed by atoms with E-state index >= 15 is 0 Å². The zero-order valence-corrected chi connectivity index (χ0v) is 14.8. The van der Waals surface area contributed by atoms with Gasteiger partial charge in [-0.25, -0.2) is 0 Å². The van der Waals surface area contributed by atoms with Crippen molar-refractivity contribution in [2.24, 2.45) is 0 Å². The molecule has 3 rings (SSSR count). The molecule has 2 amide bonds. The molecule has 1 heterocycles. The minimum Gasteiger partial charge on any atom is -0.339 e. The Kier molecular flexibility index (Phi) is 5.71. The lowest BCUT2D eigenvalue weighted by Gasteiger charge is -2.20. The predicted octanol–water partition coefficient (Wildman–Crippen LogP) is 4.61. The van der Waals surface area contributed by atoms with Crippen molar-refractivity contribution in [3.63, 3.8) is 0 Å². The molecule has 1 N–H and O–H groups in total. The molecule has 2 aromatic carbocycles. The second-order valence-corrected chi connectivity index (χ2v) is 6.68. The van der Waals surface area contributed by atoms with Gasteiger partial charge in [-0.2, -0.15) is 0 Å². The van der Waals surface area contributed by atoms with Gasteiger partial charge in [0.05, 0.1) is 0 Å². The first kappa shape index (κ1) is 17.5. The Bertz CT molecular complexity index is 751. The van der Waals surface area contributed by atoms with Crippen molar-refractivity contribution in [1.29, 1.82) is 0 Å². The Balaban J connectivity index is 1.71. The third-order valence-corrected chi connectivity index (χ3v) is 4.62. The summed E-state index contributed by atoms with van der Waals surface area (Å²) in [5, 5.41) is 3.42. The third kappa shape index (κ3) is 4.60. The van der Waals surface area contributed by atoms with Crippen LogP contribution in [-0.4, -0.2) is 29.8 Å². The van der Waals surface area contributed by atoms with Crippen LogP contribution in [0.1, 0.15) is 46.4 Å². The highest BCUT2D eigenvalue weighted by molar-refractivity contribution is 6.30. The van der Waals surface area contributed by atoms with Crippen LogP contribution in [0.5, 0.6) is 0 Å². The highest BCUT2D eigenvalue weighted by atomic mass is 35.5. The molecule has 4 nitrogen and oxygen atoms in total. The summed E-state index contributed by atoms with van der Waals surface area (Å²) in [6, 6.07) is 13.8. The largest absolute Gasteiger partial charge is 0.339 e. The van der Waals surface area contributed by atoms with Crippen LogP contribution in [-0.2, 0) is 0 Å². The number of rotatable bonds is 3.